The Morgan fingerprint density at radius 2 is 1.81 bits per heavy atom. The minimum Gasteiger partial charge on any atom is -0.243 e. The summed E-state index contributed by atoms with van der Waals surface area (Å²) in [6, 6.07) is 2.98. The molecule has 2 unspecified atom stereocenters. The first kappa shape index (κ1) is 14.7. The lowest BCUT2D eigenvalue weighted by atomic mass is 9.94. The molecule has 3 rings (SSSR count). The van der Waals surface area contributed by atoms with E-state index in [1.54, 1.807) is 0 Å². The fraction of sp³-hybridized carbons (Fsp3) is 0.538. The van der Waals surface area contributed by atoms with E-state index in [0.29, 0.717) is 29.9 Å². The average Bonchev–Trinajstić information content (AvgIpc) is 2.87. The number of halogens is 1. The topological polar surface area (TPSA) is 76.3 Å². The Morgan fingerprint density at radius 1 is 1.19 bits per heavy atom. The molecule has 2 heterocycles. The molecule has 1 aromatic heterocycles. The van der Waals surface area contributed by atoms with Crippen LogP contribution in [0.25, 0.3) is 11.0 Å². The Bertz CT molecular complexity index is 764. The zero-order chi connectivity index (χ0) is 15.2. The van der Waals surface area contributed by atoms with Crippen LogP contribution in [-0.4, -0.2) is 36.1 Å². The summed E-state index contributed by atoms with van der Waals surface area (Å²) in [6.45, 7) is 5.16. The van der Waals surface area contributed by atoms with Crippen LogP contribution < -0.4 is 0 Å². The van der Waals surface area contributed by atoms with E-state index < -0.39 is 10.0 Å². The minimum absolute atomic E-state index is 0.101. The number of aromatic nitrogens is 2. The van der Waals surface area contributed by atoms with Gasteiger partial charge in [-0.3, -0.25) is 0 Å². The van der Waals surface area contributed by atoms with E-state index in [4.69, 9.17) is 11.6 Å². The van der Waals surface area contributed by atoms with Gasteiger partial charge in [-0.15, -0.1) is 0 Å². The fourth-order valence-corrected chi connectivity index (χ4v) is 4.95. The maximum Gasteiger partial charge on any atom is 0.245 e. The summed E-state index contributed by atoms with van der Waals surface area (Å²) in [5.74, 6) is 0.670. The SMILES string of the molecule is CC1CC(C)CN(S(=O)(=O)c2ccc(Cl)c3nonc23)C1. The molecule has 1 fully saturated rings. The maximum absolute atomic E-state index is 12.9. The highest BCUT2D eigenvalue weighted by Gasteiger charge is 2.33. The summed E-state index contributed by atoms with van der Waals surface area (Å²) < 4.78 is 31.9. The van der Waals surface area contributed by atoms with Crippen molar-refractivity contribution in [1.82, 2.24) is 14.6 Å². The molecule has 2 aromatic rings. The van der Waals surface area contributed by atoms with Gasteiger partial charge in [0.05, 0.1) is 5.02 Å². The second-order valence-electron chi connectivity index (χ2n) is 5.78. The van der Waals surface area contributed by atoms with Crippen LogP contribution in [0.3, 0.4) is 0 Å². The van der Waals surface area contributed by atoms with Crippen molar-refractivity contribution >= 4 is 32.7 Å². The number of rotatable bonds is 2. The van der Waals surface area contributed by atoms with E-state index in [1.165, 1.54) is 16.4 Å². The predicted octanol–water partition coefficient (Wildman–Crippen LogP) is 2.54. The first-order chi connectivity index (χ1) is 9.89. The van der Waals surface area contributed by atoms with Crippen LogP contribution in [0.2, 0.25) is 5.02 Å². The molecular formula is C13H16ClN3O3S. The van der Waals surface area contributed by atoms with Crippen LogP contribution in [0.15, 0.2) is 21.7 Å². The van der Waals surface area contributed by atoms with Crippen molar-refractivity contribution in [2.24, 2.45) is 11.8 Å². The molecule has 8 heteroatoms. The molecular weight excluding hydrogens is 314 g/mol. The number of benzene rings is 1. The third-order valence-corrected chi connectivity index (χ3v) is 5.95. The molecule has 21 heavy (non-hydrogen) atoms. The first-order valence-electron chi connectivity index (χ1n) is 6.80. The minimum atomic E-state index is -3.63. The van der Waals surface area contributed by atoms with Crippen molar-refractivity contribution in [3.8, 4) is 0 Å². The predicted molar refractivity (Wildman–Crippen MR) is 78.5 cm³/mol. The standard InChI is InChI=1S/C13H16ClN3O3S/c1-8-5-9(2)7-17(6-8)21(18,19)11-4-3-10(14)12-13(11)16-20-15-12/h3-4,8-9H,5-7H2,1-2H3. The quantitative estimate of drug-likeness (QED) is 0.846. The zero-order valence-electron chi connectivity index (χ0n) is 11.8. The number of hydrogen-bond donors (Lipinski definition) is 0. The third-order valence-electron chi connectivity index (χ3n) is 3.78. The normalized spacial score (nSPS) is 24.5. The van der Waals surface area contributed by atoms with Gasteiger partial charge >= 0.3 is 0 Å². The van der Waals surface area contributed by atoms with Gasteiger partial charge in [-0.25, -0.2) is 13.0 Å². The van der Waals surface area contributed by atoms with Crippen LogP contribution in [-0.2, 0) is 10.0 Å². The summed E-state index contributed by atoms with van der Waals surface area (Å²) in [4.78, 5) is 0.101. The van der Waals surface area contributed by atoms with Crippen molar-refractivity contribution in [3.63, 3.8) is 0 Å². The maximum atomic E-state index is 12.9. The first-order valence-corrected chi connectivity index (χ1v) is 8.62. The van der Waals surface area contributed by atoms with Gasteiger partial charge in [0.2, 0.25) is 10.0 Å². The van der Waals surface area contributed by atoms with Crippen molar-refractivity contribution in [2.45, 2.75) is 25.2 Å². The van der Waals surface area contributed by atoms with Crippen molar-refractivity contribution in [2.75, 3.05) is 13.1 Å². The van der Waals surface area contributed by atoms with Gasteiger partial charge in [0, 0.05) is 13.1 Å². The van der Waals surface area contributed by atoms with Gasteiger partial charge in [0.15, 0.2) is 11.0 Å². The highest BCUT2D eigenvalue weighted by atomic mass is 35.5. The van der Waals surface area contributed by atoms with Crippen LogP contribution in [0.1, 0.15) is 20.3 Å². The van der Waals surface area contributed by atoms with Gasteiger partial charge in [0.1, 0.15) is 4.90 Å². The molecule has 1 aliphatic heterocycles. The second kappa shape index (κ2) is 5.23. The number of hydrogen-bond acceptors (Lipinski definition) is 5. The monoisotopic (exact) mass is 329 g/mol. The second-order valence-corrected chi connectivity index (χ2v) is 8.09. The number of fused-ring (bicyclic) bond motifs is 1. The van der Waals surface area contributed by atoms with Crippen LogP contribution in [0, 0.1) is 11.8 Å². The van der Waals surface area contributed by atoms with E-state index in [-0.39, 0.29) is 15.9 Å². The summed E-state index contributed by atoms with van der Waals surface area (Å²) in [5.41, 5.74) is 0.462. The molecule has 1 saturated heterocycles. The van der Waals surface area contributed by atoms with Gasteiger partial charge in [-0.05, 0) is 40.7 Å². The van der Waals surface area contributed by atoms with Crippen molar-refractivity contribution < 1.29 is 13.0 Å². The van der Waals surface area contributed by atoms with Crippen LogP contribution in [0.4, 0.5) is 0 Å². The third kappa shape index (κ3) is 2.54. The highest BCUT2D eigenvalue weighted by molar-refractivity contribution is 7.89. The molecule has 1 aliphatic rings. The Morgan fingerprint density at radius 3 is 2.48 bits per heavy atom. The molecule has 2 atom stereocenters. The Hall–Kier alpha value is -1.18. The lowest BCUT2D eigenvalue weighted by Gasteiger charge is -2.34. The molecule has 6 nitrogen and oxygen atoms in total. The van der Waals surface area contributed by atoms with Gasteiger partial charge in [-0.2, -0.15) is 4.31 Å². The number of sulfonamides is 1. The number of piperidine rings is 1. The molecule has 0 radical (unpaired) electrons. The molecule has 0 aliphatic carbocycles. The molecule has 0 amide bonds. The van der Waals surface area contributed by atoms with E-state index in [0.717, 1.165) is 6.42 Å². The van der Waals surface area contributed by atoms with Crippen LogP contribution in [0.5, 0.6) is 0 Å². The average molecular weight is 330 g/mol. The summed E-state index contributed by atoms with van der Waals surface area (Å²) in [7, 11) is -3.63. The molecule has 0 bridgehead atoms. The largest absolute Gasteiger partial charge is 0.245 e. The fourth-order valence-electron chi connectivity index (χ4n) is 2.96. The van der Waals surface area contributed by atoms with Gasteiger partial charge in [-0.1, -0.05) is 25.4 Å². The van der Waals surface area contributed by atoms with Crippen molar-refractivity contribution in [3.05, 3.63) is 17.2 Å². The molecule has 114 valence electrons. The molecule has 0 N–H and O–H groups in total. The lowest BCUT2D eigenvalue weighted by molar-refractivity contribution is 0.222. The highest BCUT2D eigenvalue weighted by Crippen LogP contribution is 2.31. The Kier molecular flexibility index (Phi) is 3.67. The summed E-state index contributed by atoms with van der Waals surface area (Å²) in [5, 5.41) is 7.69. The van der Waals surface area contributed by atoms with E-state index in [1.807, 2.05) is 0 Å². The van der Waals surface area contributed by atoms with Gasteiger partial charge in [0.25, 0.3) is 0 Å². The van der Waals surface area contributed by atoms with E-state index in [2.05, 4.69) is 28.8 Å². The Labute approximate surface area is 128 Å². The van der Waals surface area contributed by atoms with E-state index >= 15 is 0 Å². The number of nitrogens with zero attached hydrogens (tertiary/aromatic N) is 3. The van der Waals surface area contributed by atoms with Gasteiger partial charge < -0.3 is 0 Å². The Balaban J connectivity index is 2.08. The van der Waals surface area contributed by atoms with Crippen LogP contribution >= 0.6 is 11.6 Å². The zero-order valence-corrected chi connectivity index (χ0v) is 13.4. The lowest BCUT2D eigenvalue weighted by Crippen LogP contribution is -2.42. The van der Waals surface area contributed by atoms with E-state index in [9.17, 15) is 8.42 Å². The summed E-state index contributed by atoms with van der Waals surface area (Å²) >= 11 is 5.98. The molecule has 0 saturated carbocycles. The summed E-state index contributed by atoms with van der Waals surface area (Å²) in [6.07, 6.45) is 1.04. The molecule has 0 spiro atoms. The smallest absolute Gasteiger partial charge is 0.243 e. The van der Waals surface area contributed by atoms with Crippen molar-refractivity contribution in [1.29, 1.82) is 0 Å². The molecule has 1 aromatic carbocycles.